The van der Waals surface area contributed by atoms with Gasteiger partial charge in [0.2, 0.25) is 7.29 Å². The van der Waals surface area contributed by atoms with Gasteiger partial charge in [-0.1, -0.05) is 87.5 Å². The van der Waals surface area contributed by atoms with E-state index in [1.807, 2.05) is 123 Å². The maximum absolute atomic E-state index is 14.8. The van der Waals surface area contributed by atoms with Gasteiger partial charge in [0.05, 0.1) is 12.1 Å². The van der Waals surface area contributed by atoms with E-state index in [4.69, 9.17) is 0 Å². The van der Waals surface area contributed by atoms with Crippen LogP contribution in [0.4, 0.5) is 0 Å². The van der Waals surface area contributed by atoms with Gasteiger partial charge < -0.3 is 5.11 Å². The summed E-state index contributed by atoms with van der Waals surface area (Å²) < 4.78 is 16.7. The second kappa shape index (κ2) is 8.67. The first-order valence-corrected chi connectivity index (χ1v) is 11.6. The summed E-state index contributed by atoms with van der Waals surface area (Å²) in [5.41, 5.74) is 0.567. The fraction of sp³-hybridized carbons (Fsp3) is 0.280. The molecule has 3 aromatic carbocycles. The van der Waals surface area contributed by atoms with Gasteiger partial charge in [-0.15, -0.1) is 0 Å². The summed E-state index contributed by atoms with van der Waals surface area (Å²) in [6.45, 7) is 6.03. The third-order valence-electron chi connectivity index (χ3n) is 5.39. The molecule has 3 rings (SSSR count). The first kappa shape index (κ1) is 21.5. The second-order valence-corrected chi connectivity index (χ2v) is 11.3. The predicted molar refractivity (Wildman–Crippen MR) is 122 cm³/mol. The van der Waals surface area contributed by atoms with E-state index in [9.17, 15) is 9.67 Å². The van der Waals surface area contributed by atoms with Crippen molar-refractivity contribution in [1.82, 2.24) is 4.67 Å². The topological polar surface area (TPSA) is 40.5 Å². The molecule has 1 N–H and O–H groups in total. The molecule has 0 spiro atoms. The van der Waals surface area contributed by atoms with Gasteiger partial charge >= 0.3 is 0 Å². The summed E-state index contributed by atoms with van der Waals surface area (Å²) in [6, 6.07) is 28.6. The molecular weight excluding hydrogens is 377 g/mol. The molecule has 3 nitrogen and oxygen atoms in total. The van der Waals surface area contributed by atoms with E-state index in [0.717, 1.165) is 16.2 Å². The smallest absolute Gasteiger partial charge is 0.207 e. The minimum Gasteiger partial charge on any atom is -0.391 e. The van der Waals surface area contributed by atoms with E-state index in [1.54, 1.807) is 0 Å². The molecule has 0 saturated heterocycles. The molecule has 0 heterocycles. The molecule has 0 aliphatic carbocycles. The van der Waals surface area contributed by atoms with Gasteiger partial charge in [0.15, 0.2) is 0 Å². The van der Waals surface area contributed by atoms with Crippen LogP contribution in [0, 0.1) is 5.41 Å². The maximum atomic E-state index is 14.8. The van der Waals surface area contributed by atoms with Crippen LogP contribution in [-0.2, 0) is 4.57 Å². The number of hydrogen-bond acceptors (Lipinski definition) is 2. The molecule has 3 aromatic rings. The minimum absolute atomic E-state index is 0.382. The van der Waals surface area contributed by atoms with Crippen LogP contribution in [0.3, 0.4) is 0 Å². The van der Waals surface area contributed by atoms with Crippen LogP contribution in [0.2, 0.25) is 0 Å². The monoisotopic (exact) mass is 407 g/mol. The quantitative estimate of drug-likeness (QED) is 0.585. The Bertz CT molecular complexity index is 909. The number of rotatable bonds is 6. The van der Waals surface area contributed by atoms with Crippen LogP contribution in [-0.4, -0.2) is 22.9 Å². The largest absolute Gasteiger partial charge is 0.391 e. The predicted octanol–water partition coefficient (Wildman–Crippen LogP) is 5.00. The van der Waals surface area contributed by atoms with Gasteiger partial charge in [-0.05, 0) is 42.3 Å². The molecule has 0 amide bonds. The van der Waals surface area contributed by atoms with E-state index in [-0.39, 0.29) is 5.41 Å². The number of nitrogens with zero attached hydrogens (tertiary/aromatic N) is 1. The highest BCUT2D eigenvalue weighted by Gasteiger charge is 2.42. The van der Waals surface area contributed by atoms with E-state index in [1.165, 1.54) is 0 Å². The highest BCUT2D eigenvalue weighted by atomic mass is 31.2. The maximum Gasteiger partial charge on any atom is 0.207 e. The van der Waals surface area contributed by atoms with E-state index in [0.29, 0.717) is 0 Å². The third kappa shape index (κ3) is 4.38. The Morgan fingerprint density at radius 3 is 1.52 bits per heavy atom. The molecule has 2 atom stereocenters. The zero-order chi connectivity index (χ0) is 21.1. The molecule has 0 bridgehead atoms. The fourth-order valence-electron chi connectivity index (χ4n) is 3.67. The number of likely N-dealkylation sites (N-methyl/N-ethyl adjacent to an activating group) is 1. The fourth-order valence-corrected chi connectivity index (χ4v) is 6.46. The lowest BCUT2D eigenvalue weighted by Crippen LogP contribution is -2.43. The molecule has 4 heteroatoms. The van der Waals surface area contributed by atoms with Crippen molar-refractivity contribution >= 4 is 17.9 Å². The Morgan fingerprint density at radius 1 is 0.759 bits per heavy atom. The van der Waals surface area contributed by atoms with Crippen LogP contribution in [0.25, 0.3) is 0 Å². The summed E-state index contributed by atoms with van der Waals surface area (Å²) in [6.07, 6.45) is -0.712. The minimum atomic E-state index is -3.19. The molecule has 29 heavy (non-hydrogen) atoms. The SMILES string of the molecule is CN(C(c1ccccc1)C(O)C(C)(C)C)P(=O)(c1ccccc1)c1ccccc1. The Kier molecular flexibility index (Phi) is 6.43. The van der Waals surface area contributed by atoms with Gasteiger partial charge in [0, 0.05) is 10.6 Å². The molecule has 0 aromatic heterocycles. The Morgan fingerprint density at radius 2 is 1.14 bits per heavy atom. The Balaban J connectivity index is 2.21. The summed E-state index contributed by atoms with van der Waals surface area (Å²) in [5.74, 6) is 0. The average molecular weight is 407 g/mol. The molecule has 0 radical (unpaired) electrons. The highest BCUT2D eigenvalue weighted by Crippen LogP contribution is 2.53. The van der Waals surface area contributed by atoms with Crippen LogP contribution < -0.4 is 10.6 Å². The van der Waals surface area contributed by atoms with Gasteiger partial charge in [-0.25, -0.2) is 4.67 Å². The molecule has 2 unspecified atom stereocenters. The van der Waals surface area contributed by atoms with Gasteiger partial charge in [-0.2, -0.15) is 0 Å². The molecule has 0 aliphatic heterocycles. The van der Waals surface area contributed by atoms with Crippen molar-refractivity contribution in [2.75, 3.05) is 7.05 Å². The summed E-state index contributed by atoms with van der Waals surface area (Å²) in [4.78, 5) is 0. The van der Waals surface area contributed by atoms with Gasteiger partial charge in [0.25, 0.3) is 0 Å². The molecular formula is C25H30NO2P. The van der Waals surface area contributed by atoms with E-state index in [2.05, 4.69) is 0 Å². The first-order chi connectivity index (χ1) is 13.8. The summed E-state index contributed by atoms with van der Waals surface area (Å²) >= 11 is 0. The number of aliphatic hydroxyl groups is 1. The lowest BCUT2D eigenvalue weighted by atomic mass is 9.82. The second-order valence-electron chi connectivity index (χ2n) is 8.49. The molecule has 152 valence electrons. The van der Waals surface area contributed by atoms with Crippen molar-refractivity contribution in [2.24, 2.45) is 5.41 Å². The van der Waals surface area contributed by atoms with Crippen molar-refractivity contribution < 1.29 is 9.67 Å². The lowest BCUT2D eigenvalue weighted by molar-refractivity contribution is 0.00901. The van der Waals surface area contributed by atoms with Crippen molar-refractivity contribution in [3.05, 3.63) is 96.6 Å². The molecule has 0 aliphatic rings. The van der Waals surface area contributed by atoms with Crippen molar-refractivity contribution in [1.29, 1.82) is 0 Å². The van der Waals surface area contributed by atoms with Crippen LogP contribution in [0.1, 0.15) is 32.4 Å². The Labute approximate surface area is 174 Å². The Hall–Kier alpha value is -2.19. The van der Waals surface area contributed by atoms with Crippen LogP contribution in [0.5, 0.6) is 0 Å². The molecule has 0 saturated carbocycles. The van der Waals surface area contributed by atoms with Gasteiger partial charge in [0.1, 0.15) is 0 Å². The third-order valence-corrected chi connectivity index (χ3v) is 8.52. The average Bonchev–Trinajstić information content (AvgIpc) is 2.74. The number of hydrogen-bond donors (Lipinski definition) is 1. The number of benzene rings is 3. The van der Waals surface area contributed by atoms with Gasteiger partial charge in [-0.3, -0.25) is 4.57 Å². The van der Waals surface area contributed by atoms with E-state index < -0.39 is 19.4 Å². The first-order valence-electron chi connectivity index (χ1n) is 9.94. The zero-order valence-electron chi connectivity index (χ0n) is 17.6. The highest BCUT2D eigenvalue weighted by molar-refractivity contribution is 7.76. The standard InChI is InChI=1S/C25H30NO2P/c1-25(2,3)24(27)23(20-14-8-5-9-15-20)26(4)29(28,21-16-10-6-11-17-21)22-18-12-7-13-19-22/h5-19,23-24,27H,1-4H3. The normalized spacial score (nSPS) is 14.6. The van der Waals surface area contributed by atoms with E-state index >= 15 is 0 Å². The zero-order valence-corrected chi connectivity index (χ0v) is 18.5. The lowest BCUT2D eigenvalue weighted by Gasteiger charge is -2.42. The van der Waals surface area contributed by atoms with Crippen molar-refractivity contribution in [3.8, 4) is 0 Å². The molecule has 0 fully saturated rings. The summed E-state index contributed by atoms with van der Waals surface area (Å²) in [7, 11) is -1.32. The van der Waals surface area contributed by atoms with Crippen molar-refractivity contribution in [2.45, 2.75) is 32.9 Å². The van der Waals surface area contributed by atoms with Crippen LogP contribution >= 0.6 is 7.29 Å². The number of aliphatic hydroxyl groups excluding tert-OH is 1. The van der Waals surface area contributed by atoms with Crippen molar-refractivity contribution in [3.63, 3.8) is 0 Å². The van der Waals surface area contributed by atoms with Crippen LogP contribution in [0.15, 0.2) is 91.0 Å². The summed E-state index contributed by atoms with van der Waals surface area (Å²) in [5, 5.41) is 12.9.